The minimum Gasteiger partial charge on any atom is -0.398 e. The van der Waals surface area contributed by atoms with Gasteiger partial charge in [-0.1, -0.05) is 11.6 Å². The van der Waals surface area contributed by atoms with Gasteiger partial charge in [0.15, 0.2) is 4.47 Å². The third-order valence-corrected chi connectivity index (χ3v) is 4.29. The van der Waals surface area contributed by atoms with Crippen molar-refractivity contribution in [2.24, 2.45) is 0 Å². The van der Waals surface area contributed by atoms with E-state index in [1.54, 1.807) is 12.3 Å². The van der Waals surface area contributed by atoms with E-state index in [1.807, 2.05) is 0 Å². The van der Waals surface area contributed by atoms with Crippen LogP contribution < -0.4 is 5.73 Å². The number of benzene rings is 1. The Bertz CT molecular complexity index is 501. The molecule has 0 saturated heterocycles. The predicted molar refractivity (Wildman–Crippen MR) is 67.5 cm³/mol. The zero-order chi connectivity index (χ0) is 11.5. The van der Waals surface area contributed by atoms with Gasteiger partial charge in [0, 0.05) is 27.4 Å². The summed E-state index contributed by atoms with van der Waals surface area (Å²) in [5.74, 6) is 0.414. The van der Waals surface area contributed by atoms with Gasteiger partial charge in [0.25, 0.3) is 0 Å². The van der Waals surface area contributed by atoms with Crippen LogP contribution >= 0.6 is 34.7 Å². The second-order valence-corrected chi connectivity index (χ2v) is 5.76. The topological polar surface area (TPSA) is 38.9 Å². The Morgan fingerprint density at radius 2 is 2.31 bits per heavy atom. The van der Waals surface area contributed by atoms with Crippen molar-refractivity contribution in [3.63, 3.8) is 0 Å². The quantitative estimate of drug-likeness (QED) is 0.683. The number of nitrogens with two attached hydrogens (primary N) is 1. The van der Waals surface area contributed by atoms with E-state index in [0.29, 0.717) is 15.9 Å². The van der Waals surface area contributed by atoms with Gasteiger partial charge in [-0.05, 0) is 18.2 Å². The van der Waals surface area contributed by atoms with E-state index in [0.717, 1.165) is 9.77 Å². The Morgan fingerprint density at radius 1 is 1.50 bits per heavy atom. The van der Waals surface area contributed by atoms with Crippen molar-refractivity contribution in [3.8, 4) is 0 Å². The van der Waals surface area contributed by atoms with Gasteiger partial charge in [-0.2, -0.15) is 0 Å². The molecular weight excluding hydrogens is 267 g/mol. The first kappa shape index (κ1) is 11.7. The van der Waals surface area contributed by atoms with Gasteiger partial charge < -0.3 is 5.73 Å². The first-order valence-corrected chi connectivity index (χ1v) is 6.61. The van der Waals surface area contributed by atoms with Gasteiger partial charge in [-0.15, -0.1) is 23.1 Å². The second-order valence-electron chi connectivity index (χ2n) is 3.05. The lowest BCUT2D eigenvalue weighted by molar-refractivity contribution is 0.624. The first-order valence-electron chi connectivity index (χ1n) is 4.43. The minimum absolute atomic E-state index is 0.279. The molecule has 1 aromatic carbocycles. The van der Waals surface area contributed by atoms with E-state index < -0.39 is 0 Å². The molecule has 0 spiro atoms. The molecule has 0 unspecified atom stereocenters. The van der Waals surface area contributed by atoms with Crippen LogP contribution in [-0.2, 0) is 5.75 Å². The maximum atomic E-state index is 13.0. The summed E-state index contributed by atoms with van der Waals surface area (Å²) in [5, 5.41) is 0. The molecule has 2 nitrogen and oxygen atoms in total. The summed E-state index contributed by atoms with van der Waals surface area (Å²) in [6.45, 7) is 0. The molecular formula is C10H8ClFN2S2. The molecule has 0 aliphatic carbocycles. The van der Waals surface area contributed by atoms with Crippen LogP contribution in [0.1, 0.15) is 4.88 Å². The number of hydrogen-bond donors (Lipinski definition) is 1. The number of halogens is 2. The normalized spacial score (nSPS) is 10.6. The molecule has 0 amide bonds. The molecule has 0 fully saturated rings. The van der Waals surface area contributed by atoms with Crippen molar-refractivity contribution in [3.05, 3.63) is 39.6 Å². The number of aromatic nitrogens is 1. The van der Waals surface area contributed by atoms with Crippen molar-refractivity contribution >= 4 is 40.4 Å². The molecule has 0 aliphatic heterocycles. The van der Waals surface area contributed by atoms with Gasteiger partial charge in [0.1, 0.15) is 5.82 Å². The van der Waals surface area contributed by atoms with Crippen LogP contribution in [0.2, 0.25) is 4.47 Å². The Hall–Kier alpha value is -0.780. The predicted octanol–water partition coefficient (Wildman–Crippen LogP) is 3.81. The summed E-state index contributed by atoms with van der Waals surface area (Å²) in [6.07, 6.45) is 1.72. The van der Waals surface area contributed by atoms with Crippen LogP contribution in [0.3, 0.4) is 0 Å². The maximum Gasteiger partial charge on any atom is 0.183 e. The highest BCUT2D eigenvalue weighted by Crippen LogP contribution is 2.31. The van der Waals surface area contributed by atoms with Gasteiger partial charge in [-0.25, -0.2) is 9.37 Å². The van der Waals surface area contributed by atoms with E-state index in [1.165, 1.54) is 35.2 Å². The van der Waals surface area contributed by atoms with Crippen LogP contribution in [0.25, 0.3) is 0 Å². The van der Waals surface area contributed by atoms with Crippen LogP contribution in [0, 0.1) is 5.82 Å². The summed E-state index contributed by atoms with van der Waals surface area (Å²) in [7, 11) is 0. The van der Waals surface area contributed by atoms with Crippen molar-refractivity contribution in [1.82, 2.24) is 4.98 Å². The Morgan fingerprint density at radius 3 is 3.00 bits per heavy atom. The van der Waals surface area contributed by atoms with E-state index in [4.69, 9.17) is 17.3 Å². The lowest BCUT2D eigenvalue weighted by Crippen LogP contribution is -1.89. The average Bonchev–Trinajstić information content (AvgIpc) is 2.66. The van der Waals surface area contributed by atoms with Crippen LogP contribution in [0.15, 0.2) is 29.3 Å². The number of rotatable bonds is 3. The molecule has 2 N–H and O–H groups in total. The number of thioether (sulfide) groups is 1. The molecule has 6 heteroatoms. The SMILES string of the molecule is Nc1ccc(F)cc1SCc1cnc(Cl)s1. The Balaban J connectivity index is 2.07. The van der Waals surface area contributed by atoms with Gasteiger partial charge in [-0.3, -0.25) is 0 Å². The third kappa shape index (κ3) is 2.87. The van der Waals surface area contributed by atoms with Gasteiger partial charge in [0.05, 0.1) is 0 Å². The van der Waals surface area contributed by atoms with E-state index in [2.05, 4.69) is 4.98 Å². The standard InChI is InChI=1S/C10H8ClFN2S2/c11-10-14-4-7(16-10)5-15-9-3-6(12)1-2-8(9)13/h1-4H,5,13H2. The van der Waals surface area contributed by atoms with Crippen molar-refractivity contribution in [1.29, 1.82) is 0 Å². The molecule has 2 rings (SSSR count). The Kier molecular flexibility index (Phi) is 3.68. The van der Waals surface area contributed by atoms with E-state index in [-0.39, 0.29) is 5.82 Å². The number of anilines is 1. The molecule has 2 aromatic rings. The number of nitrogens with zero attached hydrogens (tertiary/aromatic N) is 1. The number of hydrogen-bond acceptors (Lipinski definition) is 4. The second kappa shape index (κ2) is 5.03. The molecule has 1 heterocycles. The van der Waals surface area contributed by atoms with Gasteiger partial charge in [0.2, 0.25) is 0 Å². The lowest BCUT2D eigenvalue weighted by atomic mass is 10.3. The fourth-order valence-corrected chi connectivity index (χ4v) is 3.12. The molecule has 0 bridgehead atoms. The summed E-state index contributed by atoms with van der Waals surface area (Å²) >= 11 is 8.60. The molecule has 0 atom stereocenters. The molecule has 84 valence electrons. The zero-order valence-corrected chi connectivity index (χ0v) is 10.5. The summed E-state index contributed by atoms with van der Waals surface area (Å²) in [5.41, 5.74) is 6.32. The zero-order valence-electron chi connectivity index (χ0n) is 8.11. The fourth-order valence-electron chi connectivity index (χ4n) is 1.13. The third-order valence-electron chi connectivity index (χ3n) is 1.87. The molecule has 16 heavy (non-hydrogen) atoms. The van der Waals surface area contributed by atoms with Crippen molar-refractivity contribution < 1.29 is 4.39 Å². The van der Waals surface area contributed by atoms with E-state index in [9.17, 15) is 4.39 Å². The highest BCUT2D eigenvalue weighted by atomic mass is 35.5. The van der Waals surface area contributed by atoms with Crippen LogP contribution in [0.4, 0.5) is 10.1 Å². The molecule has 0 saturated carbocycles. The highest BCUT2D eigenvalue weighted by molar-refractivity contribution is 7.98. The van der Waals surface area contributed by atoms with Crippen LogP contribution in [-0.4, -0.2) is 4.98 Å². The lowest BCUT2D eigenvalue weighted by Gasteiger charge is -2.03. The average molecular weight is 275 g/mol. The number of nitrogen functional groups attached to an aromatic ring is 1. The highest BCUT2D eigenvalue weighted by Gasteiger charge is 2.04. The molecule has 0 aliphatic rings. The van der Waals surface area contributed by atoms with Gasteiger partial charge >= 0.3 is 0 Å². The molecule has 1 aromatic heterocycles. The fraction of sp³-hybridized carbons (Fsp3) is 0.100. The Labute approximate surface area is 106 Å². The smallest absolute Gasteiger partial charge is 0.183 e. The largest absolute Gasteiger partial charge is 0.398 e. The summed E-state index contributed by atoms with van der Waals surface area (Å²) < 4.78 is 13.5. The first-order chi connectivity index (χ1) is 7.65. The summed E-state index contributed by atoms with van der Waals surface area (Å²) in [6, 6.07) is 4.35. The van der Waals surface area contributed by atoms with Crippen molar-refractivity contribution in [2.45, 2.75) is 10.6 Å². The summed E-state index contributed by atoms with van der Waals surface area (Å²) in [4.78, 5) is 5.71. The minimum atomic E-state index is -0.279. The van der Waals surface area contributed by atoms with Crippen molar-refractivity contribution in [2.75, 3.05) is 5.73 Å². The van der Waals surface area contributed by atoms with E-state index >= 15 is 0 Å². The maximum absolute atomic E-state index is 13.0. The molecule has 0 radical (unpaired) electrons. The number of thiazole rings is 1. The van der Waals surface area contributed by atoms with Crippen LogP contribution in [0.5, 0.6) is 0 Å². The monoisotopic (exact) mass is 274 g/mol.